The van der Waals surface area contributed by atoms with E-state index in [9.17, 15) is 14.4 Å². The number of aromatic nitrogens is 1. The number of nitrogens with zero attached hydrogens (tertiary/aromatic N) is 3. The minimum Gasteiger partial charge on any atom is -0.458 e. The summed E-state index contributed by atoms with van der Waals surface area (Å²) in [4.78, 5) is 45.2. The Morgan fingerprint density at radius 3 is 2.41 bits per heavy atom. The van der Waals surface area contributed by atoms with Crippen LogP contribution in [-0.4, -0.2) is 37.2 Å². The number of carbonyl (C=O) groups is 2. The lowest BCUT2D eigenvalue weighted by molar-refractivity contribution is -0.138. The molecule has 37 heavy (non-hydrogen) atoms. The minimum absolute atomic E-state index is 0.0289. The second-order valence-corrected chi connectivity index (χ2v) is 9.63. The highest BCUT2D eigenvalue weighted by Crippen LogP contribution is 2.31. The van der Waals surface area contributed by atoms with Crippen LogP contribution in [0.3, 0.4) is 0 Å². The third-order valence-electron chi connectivity index (χ3n) is 5.74. The van der Waals surface area contributed by atoms with Gasteiger partial charge in [0.05, 0.1) is 21.8 Å². The first kappa shape index (κ1) is 25.8. The fourth-order valence-corrected chi connectivity index (χ4v) is 5.06. The van der Waals surface area contributed by atoms with E-state index in [1.54, 1.807) is 31.2 Å². The van der Waals surface area contributed by atoms with Crippen molar-refractivity contribution in [3.05, 3.63) is 103 Å². The van der Waals surface area contributed by atoms with Gasteiger partial charge in [-0.3, -0.25) is 14.2 Å². The summed E-state index contributed by atoms with van der Waals surface area (Å²) in [7, 11) is 3.93. The average Bonchev–Trinajstić information content (AvgIpc) is 3.16. The van der Waals surface area contributed by atoms with E-state index in [1.807, 2.05) is 49.3 Å². The standard InChI is InChI=1S/C28H27N3O5S/c1-6-15-35-27(34)24-17(2)29-28-31(25(24)20-9-13-22(14-10-20)36-18(3)32)26(33)23(37-28)16-19-7-11-21(12-8-19)30(4)5/h6-14,16,25H,1,15H2,2-5H3/b23-16+. The van der Waals surface area contributed by atoms with Gasteiger partial charge in [-0.25, -0.2) is 9.79 Å². The number of benzene rings is 2. The van der Waals surface area contributed by atoms with Crippen LogP contribution < -0.4 is 24.5 Å². The SMILES string of the molecule is C=CCOC(=O)C1=C(C)N=c2s/c(=C/c3ccc(N(C)C)cc3)c(=O)n2C1c1ccc(OC(C)=O)cc1. The van der Waals surface area contributed by atoms with Crippen LogP contribution in [0.1, 0.15) is 31.0 Å². The average molecular weight is 518 g/mol. The van der Waals surface area contributed by atoms with Crippen molar-refractivity contribution >= 4 is 35.0 Å². The van der Waals surface area contributed by atoms with Gasteiger partial charge in [0.1, 0.15) is 12.4 Å². The summed E-state index contributed by atoms with van der Waals surface area (Å²) in [6, 6.07) is 13.8. The topological polar surface area (TPSA) is 90.2 Å². The van der Waals surface area contributed by atoms with Gasteiger partial charge in [0.25, 0.3) is 5.56 Å². The van der Waals surface area contributed by atoms with Gasteiger partial charge >= 0.3 is 11.9 Å². The van der Waals surface area contributed by atoms with Gasteiger partial charge in [0.15, 0.2) is 4.80 Å². The number of esters is 2. The summed E-state index contributed by atoms with van der Waals surface area (Å²) in [5, 5.41) is 0. The van der Waals surface area contributed by atoms with Crippen molar-refractivity contribution in [2.45, 2.75) is 19.9 Å². The maximum absolute atomic E-state index is 13.7. The number of carbonyl (C=O) groups excluding carboxylic acids is 2. The van der Waals surface area contributed by atoms with Crippen molar-refractivity contribution in [2.24, 2.45) is 4.99 Å². The molecule has 1 aliphatic rings. The van der Waals surface area contributed by atoms with Gasteiger partial charge in [0.2, 0.25) is 0 Å². The Bertz CT molecular complexity index is 1560. The highest BCUT2D eigenvalue weighted by molar-refractivity contribution is 7.07. The van der Waals surface area contributed by atoms with Crippen molar-refractivity contribution in [2.75, 3.05) is 25.6 Å². The Morgan fingerprint density at radius 2 is 1.81 bits per heavy atom. The van der Waals surface area contributed by atoms with Crippen LogP contribution in [0.15, 0.2) is 82.2 Å². The molecule has 1 aliphatic heterocycles. The number of allylic oxidation sites excluding steroid dienone is 1. The maximum atomic E-state index is 13.7. The summed E-state index contributed by atoms with van der Waals surface area (Å²) < 4.78 is 12.5. The van der Waals surface area contributed by atoms with Crippen LogP contribution in [0.5, 0.6) is 5.75 Å². The molecule has 2 heterocycles. The Morgan fingerprint density at radius 1 is 1.14 bits per heavy atom. The second-order valence-electron chi connectivity index (χ2n) is 8.62. The predicted octanol–water partition coefficient (Wildman–Crippen LogP) is 2.96. The van der Waals surface area contributed by atoms with Crippen molar-refractivity contribution in [1.82, 2.24) is 4.57 Å². The van der Waals surface area contributed by atoms with E-state index in [1.165, 1.54) is 28.9 Å². The number of thiazole rings is 1. The van der Waals surface area contributed by atoms with Gasteiger partial charge in [-0.15, -0.1) is 0 Å². The molecule has 0 bridgehead atoms. The summed E-state index contributed by atoms with van der Waals surface area (Å²) in [6.45, 7) is 6.67. The first-order chi connectivity index (χ1) is 17.7. The third-order valence-corrected chi connectivity index (χ3v) is 6.72. The molecule has 0 amide bonds. The monoisotopic (exact) mass is 517 g/mol. The molecule has 0 aliphatic carbocycles. The number of ether oxygens (including phenoxy) is 2. The summed E-state index contributed by atoms with van der Waals surface area (Å²) in [5.41, 5.74) is 3.03. The van der Waals surface area contributed by atoms with Gasteiger partial charge in [-0.2, -0.15) is 0 Å². The first-order valence-electron chi connectivity index (χ1n) is 11.6. The lowest BCUT2D eigenvalue weighted by Crippen LogP contribution is -2.39. The van der Waals surface area contributed by atoms with Crippen LogP contribution in [0, 0.1) is 0 Å². The van der Waals surface area contributed by atoms with E-state index in [-0.39, 0.29) is 17.7 Å². The van der Waals surface area contributed by atoms with Crippen LogP contribution in [0.25, 0.3) is 6.08 Å². The van der Waals surface area contributed by atoms with Crippen LogP contribution >= 0.6 is 11.3 Å². The Labute approximate surface area is 218 Å². The molecule has 1 aromatic heterocycles. The molecule has 0 fully saturated rings. The summed E-state index contributed by atoms with van der Waals surface area (Å²) in [6.07, 6.45) is 3.30. The van der Waals surface area contributed by atoms with Crippen molar-refractivity contribution < 1.29 is 19.1 Å². The van der Waals surface area contributed by atoms with E-state index < -0.39 is 18.0 Å². The van der Waals surface area contributed by atoms with Crippen LogP contribution in [0.2, 0.25) is 0 Å². The summed E-state index contributed by atoms with van der Waals surface area (Å²) >= 11 is 1.26. The highest BCUT2D eigenvalue weighted by Gasteiger charge is 2.33. The second kappa shape index (κ2) is 10.8. The zero-order valence-corrected chi connectivity index (χ0v) is 21.9. The lowest BCUT2D eigenvalue weighted by Gasteiger charge is -2.24. The molecule has 0 radical (unpaired) electrons. The number of rotatable bonds is 7. The fourth-order valence-electron chi connectivity index (χ4n) is 4.01. The molecule has 1 atom stereocenters. The van der Waals surface area contributed by atoms with Gasteiger partial charge in [-0.1, -0.05) is 48.3 Å². The Kier molecular flexibility index (Phi) is 7.54. The highest BCUT2D eigenvalue weighted by atomic mass is 32.1. The maximum Gasteiger partial charge on any atom is 0.338 e. The normalized spacial score (nSPS) is 15.0. The molecule has 0 saturated heterocycles. The zero-order chi connectivity index (χ0) is 26.7. The molecular weight excluding hydrogens is 490 g/mol. The number of fused-ring (bicyclic) bond motifs is 1. The van der Waals surface area contributed by atoms with E-state index in [0.717, 1.165) is 11.3 Å². The Hall–Kier alpha value is -4.24. The number of hydrogen-bond acceptors (Lipinski definition) is 8. The van der Waals surface area contributed by atoms with Crippen molar-refractivity contribution in [3.8, 4) is 5.75 Å². The van der Waals surface area contributed by atoms with E-state index in [2.05, 4.69) is 11.6 Å². The molecule has 0 spiro atoms. The predicted molar refractivity (Wildman–Crippen MR) is 143 cm³/mol. The van der Waals surface area contributed by atoms with Crippen LogP contribution in [-0.2, 0) is 14.3 Å². The summed E-state index contributed by atoms with van der Waals surface area (Å²) in [5.74, 6) is -0.658. The lowest BCUT2D eigenvalue weighted by atomic mass is 9.96. The van der Waals surface area contributed by atoms with Gasteiger partial charge in [0, 0.05) is 26.7 Å². The molecule has 1 unspecified atom stereocenters. The molecule has 4 rings (SSSR count). The fraction of sp³-hybridized carbons (Fsp3) is 0.214. The zero-order valence-electron chi connectivity index (χ0n) is 21.1. The molecule has 2 aromatic carbocycles. The smallest absolute Gasteiger partial charge is 0.338 e. The Balaban J connectivity index is 1.86. The molecule has 3 aromatic rings. The van der Waals surface area contributed by atoms with E-state index in [4.69, 9.17) is 9.47 Å². The molecule has 190 valence electrons. The molecular formula is C28H27N3O5S. The molecule has 0 N–H and O–H groups in total. The third kappa shape index (κ3) is 5.46. The number of hydrogen-bond donors (Lipinski definition) is 0. The van der Waals surface area contributed by atoms with Crippen molar-refractivity contribution in [1.29, 1.82) is 0 Å². The van der Waals surface area contributed by atoms with E-state index in [0.29, 0.717) is 26.3 Å². The molecule has 0 saturated carbocycles. The van der Waals surface area contributed by atoms with Crippen LogP contribution in [0.4, 0.5) is 5.69 Å². The largest absolute Gasteiger partial charge is 0.458 e. The van der Waals surface area contributed by atoms with Gasteiger partial charge < -0.3 is 14.4 Å². The molecule has 8 nitrogen and oxygen atoms in total. The number of anilines is 1. The van der Waals surface area contributed by atoms with E-state index >= 15 is 0 Å². The van der Waals surface area contributed by atoms with Crippen molar-refractivity contribution in [3.63, 3.8) is 0 Å². The quantitative estimate of drug-likeness (QED) is 0.272. The van der Waals surface area contributed by atoms with Gasteiger partial charge in [-0.05, 0) is 48.4 Å². The first-order valence-corrected chi connectivity index (χ1v) is 12.4. The molecule has 9 heteroatoms. The minimum atomic E-state index is -0.766.